The van der Waals surface area contributed by atoms with Crippen molar-refractivity contribution in [2.75, 3.05) is 19.5 Å². The fourth-order valence-corrected chi connectivity index (χ4v) is 3.78. The molecule has 7 heteroatoms. The molecule has 0 aliphatic carbocycles. The number of sulfonamides is 1. The van der Waals surface area contributed by atoms with Gasteiger partial charge in [0.25, 0.3) is 0 Å². The second kappa shape index (κ2) is 6.91. The zero-order valence-corrected chi connectivity index (χ0v) is 14.4. The number of alkyl halides is 1. The standard InChI is InChI=1S/C13H24ClN3O2S/c1-10(2)6-8-16(5)20(18,19)13-11(3)15-17(9-7-14)12(13)4/h10H,6-9H2,1-5H3. The summed E-state index contributed by atoms with van der Waals surface area (Å²) in [7, 11) is -1.87. The highest BCUT2D eigenvalue weighted by Crippen LogP contribution is 2.23. The van der Waals surface area contributed by atoms with Gasteiger partial charge in [0.15, 0.2) is 0 Å². The molecule has 0 aromatic carbocycles. The predicted octanol–water partition coefficient (Wildman–Crippen LogP) is 2.41. The second-order valence-corrected chi connectivity index (χ2v) is 7.78. The lowest BCUT2D eigenvalue weighted by molar-refractivity contribution is 0.427. The first-order chi connectivity index (χ1) is 9.21. The molecule has 116 valence electrons. The molecule has 0 aliphatic heterocycles. The molecule has 20 heavy (non-hydrogen) atoms. The van der Waals surface area contributed by atoms with Gasteiger partial charge in [0.1, 0.15) is 4.90 Å². The Kier molecular flexibility index (Phi) is 6.04. The van der Waals surface area contributed by atoms with Gasteiger partial charge in [-0.15, -0.1) is 11.6 Å². The van der Waals surface area contributed by atoms with E-state index in [2.05, 4.69) is 18.9 Å². The van der Waals surface area contributed by atoms with Crippen molar-refractivity contribution in [2.24, 2.45) is 5.92 Å². The fraction of sp³-hybridized carbons (Fsp3) is 0.769. The van der Waals surface area contributed by atoms with Gasteiger partial charge in [0.05, 0.1) is 17.9 Å². The molecule has 1 heterocycles. The molecular formula is C13H24ClN3O2S. The molecule has 0 aliphatic rings. The van der Waals surface area contributed by atoms with Crippen LogP contribution < -0.4 is 0 Å². The number of aryl methyl sites for hydroxylation is 2. The molecule has 0 saturated carbocycles. The number of aromatic nitrogens is 2. The average Bonchev–Trinajstić information content (AvgIpc) is 2.62. The molecule has 0 spiro atoms. The number of rotatable bonds is 7. The van der Waals surface area contributed by atoms with E-state index >= 15 is 0 Å². The van der Waals surface area contributed by atoms with E-state index in [4.69, 9.17) is 11.6 Å². The summed E-state index contributed by atoms with van der Waals surface area (Å²) in [4.78, 5) is 0.314. The Morgan fingerprint density at radius 1 is 1.35 bits per heavy atom. The third-order valence-corrected chi connectivity index (χ3v) is 5.58. The quantitative estimate of drug-likeness (QED) is 0.725. The first kappa shape index (κ1) is 17.5. The van der Waals surface area contributed by atoms with Crippen molar-refractivity contribution in [2.45, 2.75) is 45.6 Å². The summed E-state index contributed by atoms with van der Waals surface area (Å²) in [5, 5.41) is 4.27. The molecule has 0 unspecified atom stereocenters. The van der Waals surface area contributed by atoms with Crippen LogP contribution in [-0.2, 0) is 16.6 Å². The minimum absolute atomic E-state index is 0.314. The van der Waals surface area contributed by atoms with Gasteiger partial charge in [-0.2, -0.15) is 5.10 Å². The first-order valence-electron chi connectivity index (χ1n) is 6.78. The molecule has 0 bridgehead atoms. The first-order valence-corrected chi connectivity index (χ1v) is 8.75. The number of halogens is 1. The SMILES string of the molecule is Cc1nn(CCCl)c(C)c1S(=O)(=O)N(C)CCC(C)C. The van der Waals surface area contributed by atoms with Crippen LogP contribution in [0.1, 0.15) is 31.7 Å². The Morgan fingerprint density at radius 2 is 1.95 bits per heavy atom. The number of nitrogens with zero attached hydrogens (tertiary/aromatic N) is 3. The lowest BCUT2D eigenvalue weighted by atomic mass is 10.1. The van der Waals surface area contributed by atoms with Crippen molar-refractivity contribution >= 4 is 21.6 Å². The third kappa shape index (κ3) is 3.74. The highest BCUT2D eigenvalue weighted by atomic mass is 35.5. The van der Waals surface area contributed by atoms with Crippen molar-refractivity contribution in [1.82, 2.24) is 14.1 Å². The minimum atomic E-state index is -3.49. The molecule has 0 amide bonds. The van der Waals surface area contributed by atoms with E-state index in [0.717, 1.165) is 6.42 Å². The van der Waals surface area contributed by atoms with E-state index in [1.165, 1.54) is 4.31 Å². The van der Waals surface area contributed by atoms with Crippen molar-refractivity contribution < 1.29 is 8.42 Å². The van der Waals surface area contributed by atoms with Gasteiger partial charge in [-0.3, -0.25) is 4.68 Å². The molecule has 1 rings (SSSR count). The highest BCUT2D eigenvalue weighted by molar-refractivity contribution is 7.89. The molecule has 0 saturated heterocycles. The van der Waals surface area contributed by atoms with Crippen molar-refractivity contribution in [3.05, 3.63) is 11.4 Å². The van der Waals surface area contributed by atoms with Crippen LogP contribution in [-0.4, -0.2) is 42.0 Å². The van der Waals surface area contributed by atoms with E-state index in [-0.39, 0.29) is 0 Å². The van der Waals surface area contributed by atoms with Crippen LogP contribution in [0.4, 0.5) is 0 Å². The monoisotopic (exact) mass is 321 g/mol. The summed E-state index contributed by atoms with van der Waals surface area (Å²) in [6.07, 6.45) is 0.837. The van der Waals surface area contributed by atoms with Crippen LogP contribution in [0.3, 0.4) is 0 Å². The van der Waals surface area contributed by atoms with E-state index < -0.39 is 10.0 Å². The Morgan fingerprint density at radius 3 is 2.45 bits per heavy atom. The molecule has 0 N–H and O–H groups in total. The zero-order valence-electron chi connectivity index (χ0n) is 12.9. The number of hydrogen-bond acceptors (Lipinski definition) is 3. The molecule has 5 nitrogen and oxygen atoms in total. The summed E-state index contributed by atoms with van der Waals surface area (Å²) in [5.74, 6) is 0.874. The molecule has 0 radical (unpaired) electrons. The highest BCUT2D eigenvalue weighted by Gasteiger charge is 2.28. The van der Waals surface area contributed by atoms with Crippen molar-refractivity contribution in [1.29, 1.82) is 0 Å². The summed E-state index contributed by atoms with van der Waals surface area (Å²) < 4.78 is 28.4. The van der Waals surface area contributed by atoms with Gasteiger partial charge in [-0.05, 0) is 26.2 Å². The van der Waals surface area contributed by atoms with Crippen molar-refractivity contribution in [3.63, 3.8) is 0 Å². The normalized spacial score (nSPS) is 12.6. The van der Waals surface area contributed by atoms with Crippen LogP contribution in [0, 0.1) is 19.8 Å². The lowest BCUT2D eigenvalue weighted by Gasteiger charge is -2.18. The Bertz CT molecular complexity index is 552. The van der Waals surface area contributed by atoms with Crippen LogP contribution in [0.2, 0.25) is 0 Å². The van der Waals surface area contributed by atoms with Gasteiger partial charge < -0.3 is 0 Å². The van der Waals surface area contributed by atoms with Gasteiger partial charge in [0.2, 0.25) is 10.0 Å². The maximum absolute atomic E-state index is 12.6. The molecule has 1 aromatic rings. The van der Waals surface area contributed by atoms with E-state index in [0.29, 0.717) is 41.2 Å². The fourth-order valence-electron chi connectivity index (χ4n) is 2.07. The topological polar surface area (TPSA) is 55.2 Å². The zero-order chi connectivity index (χ0) is 15.5. The van der Waals surface area contributed by atoms with Crippen LogP contribution in [0.5, 0.6) is 0 Å². The second-order valence-electron chi connectivity index (χ2n) is 5.42. The summed E-state index contributed by atoms with van der Waals surface area (Å²) in [6.45, 7) is 8.68. The molecule has 1 aromatic heterocycles. The molecule has 0 fully saturated rings. The Balaban J connectivity index is 3.09. The van der Waals surface area contributed by atoms with Crippen molar-refractivity contribution in [3.8, 4) is 0 Å². The van der Waals surface area contributed by atoms with Gasteiger partial charge in [0, 0.05) is 19.5 Å². The van der Waals surface area contributed by atoms with Gasteiger partial charge in [-0.25, -0.2) is 12.7 Å². The predicted molar refractivity (Wildman–Crippen MR) is 81.7 cm³/mol. The minimum Gasteiger partial charge on any atom is -0.267 e. The van der Waals surface area contributed by atoms with Gasteiger partial charge in [-0.1, -0.05) is 13.8 Å². The van der Waals surface area contributed by atoms with Crippen LogP contribution in [0.15, 0.2) is 4.90 Å². The maximum atomic E-state index is 12.6. The van der Waals surface area contributed by atoms with Crippen LogP contribution >= 0.6 is 11.6 Å². The summed E-state index contributed by atoms with van der Waals surface area (Å²) in [6, 6.07) is 0. The Labute approximate surface area is 127 Å². The average molecular weight is 322 g/mol. The number of hydrogen-bond donors (Lipinski definition) is 0. The summed E-state index contributed by atoms with van der Waals surface area (Å²) in [5.41, 5.74) is 1.18. The van der Waals surface area contributed by atoms with E-state index in [1.807, 2.05) is 0 Å². The maximum Gasteiger partial charge on any atom is 0.246 e. The van der Waals surface area contributed by atoms with E-state index in [1.54, 1.807) is 25.6 Å². The van der Waals surface area contributed by atoms with Crippen LogP contribution in [0.25, 0.3) is 0 Å². The van der Waals surface area contributed by atoms with Gasteiger partial charge >= 0.3 is 0 Å². The van der Waals surface area contributed by atoms with E-state index in [9.17, 15) is 8.42 Å². The molecular weight excluding hydrogens is 298 g/mol. The summed E-state index contributed by atoms with van der Waals surface area (Å²) >= 11 is 5.71. The third-order valence-electron chi connectivity index (χ3n) is 3.30. The lowest BCUT2D eigenvalue weighted by Crippen LogP contribution is -2.29. The largest absolute Gasteiger partial charge is 0.267 e. The molecule has 0 atom stereocenters. The smallest absolute Gasteiger partial charge is 0.246 e. The Hall–Kier alpha value is -0.590.